The summed E-state index contributed by atoms with van der Waals surface area (Å²) in [5, 5.41) is 3.80. The molecule has 1 N–H and O–H groups in total. The van der Waals surface area contributed by atoms with Crippen molar-refractivity contribution < 1.29 is 9.47 Å². The fraction of sp³-hybridized carbons (Fsp3) is 0.625. The molecule has 4 rings (SSSR count). The maximum Gasteiger partial charge on any atom is 0.0757 e. The molecule has 2 aliphatic heterocycles. The zero-order chi connectivity index (χ0) is 12.7. The summed E-state index contributed by atoms with van der Waals surface area (Å²) in [7, 11) is 0. The molecule has 1 saturated carbocycles. The van der Waals surface area contributed by atoms with Gasteiger partial charge in [0.05, 0.1) is 25.4 Å². The molecule has 3 aliphatic rings. The number of fused-ring (bicyclic) bond motifs is 1. The lowest BCUT2D eigenvalue weighted by Crippen LogP contribution is -2.42. The molecule has 1 aromatic carbocycles. The van der Waals surface area contributed by atoms with Crippen LogP contribution in [0.15, 0.2) is 24.3 Å². The minimum absolute atomic E-state index is 0.331. The highest BCUT2D eigenvalue weighted by atomic mass is 16.5. The Balaban J connectivity index is 1.51. The summed E-state index contributed by atoms with van der Waals surface area (Å²) in [5.41, 5.74) is 2.74. The van der Waals surface area contributed by atoms with Crippen molar-refractivity contribution in [3.63, 3.8) is 0 Å². The van der Waals surface area contributed by atoms with Gasteiger partial charge in [-0.2, -0.15) is 0 Å². The highest BCUT2D eigenvalue weighted by Crippen LogP contribution is 2.39. The Kier molecular flexibility index (Phi) is 3.06. The van der Waals surface area contributed by atoms with Gasteiger partial charge >= 0.3 is 0 Å². The van der Waals surface area contributed by atoms with Crippen LogP contribution in [0, 0.1) is 5.92 Å². The highest BCUT2D eigenvalue weighted by Gasteiger charge is 2.41. The van der Waals surface area contributed by atoms with Gasteiger partial charge in [0, 0.05) is 12.6 Å². The third kappa shape index (κ3) is 2.31. The molecular weight excluding hydrogens is 238 g/mol. The summed E-state index contributed by atoms with van der Waals surface area (Å²) in [6, 6.07) is 9.47. The molecule has 0 bridgehead atoms. The van der Waals surface area contributed by atoms with Crippen LogP contribution < -0.4 is 5.32 Å². The van der Waals surface area contributed by atoms with E-state index in [4.69, 9.17) is 9.47 Å². The average molecular weight is 259 g/mol. The van der Waals surface area contributed by atoms with Crippen molar-refractivity contribution in [3.05, 3.63) is 35.4 Å². The van der Waals surface area contributed by atoms with Gasteiger partial charge in [-0.05, 0) is 36.3 Å². The monoisotopic (exact) mass is 259 g/mol. The van der Waals surface area contributed by atoms with Crippen molar-refractivity contribution in [2.24, 2.45) is 5.92 Å². The molecule has 102 valence electrons. The lowest BCUT2D eigenvalue weighted by Gasteiger charge is -2.31. The Morgan fingerprint density at radius 3 is 2.89 bits per heavy atom. The summed E-state index contributed by atoms with van der Waals surface area (Å²) in [6.07, 6.45) is 4.27. The van der Waals surface area contributed by atoms with Crippen molar-refractivity contribution in [1.29, 1.82) is 0 Å². The van der Waals surface area contributed by atoms with Crippen LogP contribution in [0.4, 0.5) is 0 Å². The van der Waals surface area contributed by atoms with Gasteiger partial charge in [0.15, 0.2) is 0 Å². The Morgan fingerprint density at radius 1 is 1.11 bits per heavy atom. The maximum absolute atomic E-state index is 5.92. The number of nitrogens with one attached hydrogen (secondary N) is 1. The summed E-state index contributed by atoms with van der Waals surface area (Å²) in [5.74, 6) is 0.805. The van der Waals surface area contributed by atoms with Gasteiger partial charge in [0.1, 0.15) is 0 Å². The van der Waals surface area contributed by atoms with E-state index < -0.39 is 0 Å². The minimum atomic E-state index is 0.331. The molecule has 2 heterocycles. The van der Waals surface area contributed by atoms with E-state index in [1.807, 2.05) is 0 Å². The second-order valence-corrected chi connectivity index (χ2v) is 6.00. The molecule has 3 nitrogen and oxygen atoms in total. The first-order valence-corrected chi connectivity index (χ1v) is 7.45. The molecule has 1 aliphatic carbocycles. The fourth-order valence-corrected chi connectivity index (χ4v) is 3.46. The zero-order valence-corrected chi connectivity index (χ0v) is 11.2. The van der Waals surface area contributed by atoms with E-state index in [-0.39, 0.29) is 0 Å². The van der Waals surface area contributed by atoms with Crippen LogP contribution in [0.5, 0.6) is 0 Å². The van der Waals surface area contributed by atoms with Crippen LogP contribution in [-0.2, 0) is 16.1 Å². The smallest absolute Gasteiger partial charge is 0.0757 e. The quantitative estimate of drug-likeness (QED) is 0.904. The van der Waals surface area contributed by atoms with Crippen molar-refractivity contribution >= 4 is 0 Å². The summed E-state index contributed by atoms with van der Waals surface area (Å²) < 4.78 is 11.6. The molecule has 19 heavy (non-hydrogen) atoms. The molecule has 0 aromatic heterocycles. The van der Waals surface area contributed by atoms with Gasteiger partial charge in [0.25, 0.3) is 0 Å². The van der Waals surface area contributed by atoms with Crippen molar-refractivity contribution in [2.75, 3.05) is 13.2 Å². The number of hydrogen-bond donors (Lipinski definition) is 1. The molecule has 3 unspecified atom stereocenters. The lowest BCUT2D eigenvalue weighted by atomic mass is 9.97. The summed E-state index contributed by atoms with van der Waals surface area (Å²) in [4.78, 5) is 0. The standard InChI is InChI=1S/C16H21NO2/c1-2-4-13-12(3-1)9-18-10-15(13)17-14-7-8-19-16(14)11-5-6-11/h1-4,11,14-17H,5-10H2. The van der Waals surface area contributed by atoms with Crippen molar-refractivity contribution in [2.45, 2.75) is 44.1 Å². The topological polar surface area (TPSA) is 30.5 Å². The Hall–Kier alpha value is -0.900. The summed E-state index contributed by atoms with van der Waals surface area (Å²) in [6.45, 7) is 2.44. The Bertz CT molecular complexity index is 458. The molecule has 1 saturated heterocycles. The molecule has 1 aromatic rings. The van der Waals surface area contributed by atoms with Crippen LogP contribution >= 0.6 is 0 Å². The van der Waals surface area contributed by atoms with E-state index in [9.17, 15) is 0 Å². The van der Waals surface area contributed by atoms with Gasteiger partial charge in [-0.1, -0.05) is 24.3 Å². The van der Waals surface area contributed by atoms with Crippen molar-refractivity contribution in [1.82, 2.24) is 5.32 Å². The second kappa shape index (κ2) is 4.89. The highest BCUT2D eigenvalue weighted by molar-refractivity contribution is 5.31. The second-order valence-electron chi connectivity index (χ2n) is 6.00. The number of benzene rings is 1. The molecule has 0 amide bonds. The first-order chi connectivity index (χ1) is 9.42. The van der Waals surface area contributed by atoms with Crippen molar-refractivity contribution in [3.8, 4) is 0 Å². The first-order valence-electron chi connectivity index (χ1n) is 7.45. The lowest BCUT2D eigenvalue weighted by molar-refractivity contribution is 0.0571. The van der Waals surface area contributed by atoms with E-state index in [0.717, 1.165) is 32.2 Å². The van der Waals surface area contributed by atoms with E-state index >= 15 is 0 Å². The van der Waals surface area contributed by atoms with Crippen LogP contribution in [0.1, 0.15) is 36.4 Å². The van der Waals surface area contributed by atoms with E-state index in [1.165, 1.54) is 24.0 Å². The van der Waals surface area contributed by atoms with Gasteiger partial charge < -0.3 is 14.8 Å². The van der Waals surface area contributed by atoms with Gasteiger partial charge in [-0.15, -0.1) is 0 Å². The molecule has 0 spiro atoms. The number of ether oxygens (including phenoxy) is 2. The maximum atomic E-state index is 5.92. The normalized spacial score (nSPS) is 34.2. The minimum Gasteiger partial charge on any atom is -0.376 e. The number of rotatable bonds is 3. The predicted octanol–water partition coefficient (Wildman–Crippen LogP) is 2.42. The van der Waals surface area contributed by atoms with Gasteiger partial charge in [-0.3, -0.25) is 0 Å². The zero-order valence-electron chi connectivity index (χ0n) is 11.2. The molecular formula is C16H21NO2. The first kappa shape index (κ1) is 11.9. The fourth-order valence-electron chi connectivity index (χ4n) is 3.46. The predicted molar refractivity (Wildman–Crippen MR) is 72.8 cm³/mol. The van der Waals surface area contributed by atoms with Crippen LogP contribution in [0.25, 0.3) is 0 Å². The van der Waals surface area contributed by atoms with E-state index in [1.54, 1.807) is 0 Å². The number of hydrogen-bond acceptors (Lipinski definition) is 3. The third-order valence-electron chi connectivity index (χ3n) is 4.61. The van der Waals surface area contributed by atoms with E-state index in [2.05, 4.69) is 29.6 Å². The van der Waals surface area contributed by atoms with E-state index in [0.29, 0.717) is 18.2 Å². The Morgan fingerprint density at radius 2 is 2.00 bits per heavy atom. The van der Waals surface area contributed by atoms with Gasteiger partial charge in [0.2, 0.25) is 0 Å². The van der Waals surface area contributed by atoms with Crippen LogP contribution in [-0.4, -0.2) is 25.4 Å². The largest absolute Gasteiger partial charge is 0.376 e. The molecule has 3 heteroatoms. The summed E-state index contributed by atoms with van der Waals surface area (Å²) >= 11 is 0. The average Bonchev–Trinajstić information content (AvgIpc) is 3.20. The van der Waals surface area contributed by atoms with Crippen LogP contribution in [0.2, 0.25) is 0 Å². The third-order valence-corrected chi connectivity index (χ3v) is 4.61. The SMILES string of the molecule is c1ccc2c(c1)COCC2NC1CCOC1C1CC1. The van der Waals surface area contributed by atoms with Crippen LogP contribution in [0.3, 0.4) is 0 Å². The Labute approximate surface area is 114 Å². The molecule has 0 radical (unpaired) electrons. The molecule has 2 fully saturated rings. The van der Waals surface area contributed by atoms with Gasteiger partial charge in [-0.25, -0.2) is 0 Å². The molecule has 3 atom stereocenters.